The molecule has 0 radical (unpaired) electrons. The highest BCUT2D eigenvalue weighted by molar-refractivity contribution is 6.36. The van der Waals surface area contributed by atoms with Gasteiger partial charge in [0.05, 0.1) is 5.02 Å². The van der Waals surface area contributed by atoms with Crippen LogP contribution in [0, 0.1) is 0 Å². The molecule has 5 heteroatoms. The standard InChI is InChI=1S/C10H8BClO3/c12-9-5-7-3-1-2-4-8(7)6-10(9)15-11(13)14/h1-6,13-14H. The SMILES string of the molecule is OB(O)Oc1cc2ccccc2cc1Cl. The van der Waals surface area contributed by atoms with Gasteiger partial charge < -0.3 is 14.7 Å². The molecule has 0 aliphatic carbocycles. The van der Waals surface area contributed by atoms with Gasteiger partial charge in [-0.2, -0.15) is 0 Å². The van der Waals surface area contributed by atoms with Crippen LogP contribution >= 0.6 is 11.6 Å². The molecule has 2 rings (SSSR count). The molecule has 2 aromatic carbocycles. The van der Waals surface area contributed by atoms with Crippen LogP contribution < -0.4 is 4.65 Å². The van der Waals surface area contributed by atoms with Gasteiger partial charge in [0.15, 0.2) is 0 Å². The van der Waals surface area contributed by atoms with Gasteiger partial charge in [-0.25, -0.2) is 0 Å². The van der Waals surface area contributed by atoms with Gasteiger partial charge in [-0.3, -0.25) is 0 Å². The highest BCUT2D eigenvalue weighted by Crippen LogP contribution is 2.29. The monoisotopic (exact) mass is 222 g/mol. The van der Waals surface area contributed by atoms with E-state index in [0.717, 1.165) is 10.8 Å². The fourth-order valence-electron chi connectivity index (χ4n) is 1.40. The number of rotatable bonds is 2. The highest BCUT2D eigenvalue weighted by Gasteiger charge is 2.14. The molecule has 0 heterocycles. The summed E-state index contributed by atoms with van der Waals surface area (Å²) in [5, 5.41) is 19.6. The zero-order valence-electron chi connectivity index (χ0n) is 7.72. The predicted molar refractivity (Wildman–Crippen MR) is 59.8 cm³/mol. The minimum Gasteiger partial charge on any atom is -0.511 e. The van der Waals surface area contributed by atoms with E-state index < -0.39 is 7.32 Å². The molecule has 0 saturated carbocycles. The van der Waals surface area contributed by atoms with Crippen molar-refractivity contribution in [2.75, 3.05) is 0 Å². The minimum absolute atomic E-state index is 0.255. The van der Waals surface area contributed by atoms with Crippen LogP contribution in [0.3, 0.4) is 0 Å². The van der Waals surface area contributed by atoms with Gasteiger partial charge in [0.25, 0.3) is 0 Å². The molecule has 2 N–H and O–H groups in total. The Morgan fingerprint density at radius 2 is 1.67 bits per heavy atom. The summed E-state index contributed by atoms with van der Waals surface area (Å²) in [7, 11) is -1.86. The van der Waals surface area contributed by atoms with E-state index in [9.17, 15) is 0 Å². The van der Waals surface area contributed by atoms with Crippen LogP contribution in [-0.4, -0.2) is 17.4 Å². The maximum Gasteiger partial charge on any atom is 0.707 e. The molecule has 15 heavy (non-hydrogen) atoms. The van der Waals surface area contributed by atoms with E-state index in [4.69, 9.17) is 26.3 Å². The maximum absolute atomic E-state index is 8.68. The van der Waals surface area contributed by atoms with Crippen LogP contribution in [0.15, 0.2) is 36.4 Å². The van der Waals surface area contributed by atoms with E-state index >= 15 is 0 Å². The fraction of sp³-hybridized carbons (Fsp3) is 0. The lowest BCUT2D eigenvalue weighted by molar-refractivity contribution is 0.288. The molecule has 76 valence electrons. The number of halogens is 1. The third kappa shape index (κ3) is 2.23. The second-order valence-corrected chi connectivity index (χ2v) is 3.48. The molecule has 2 aromatic rings. The largest absolute Gasteiger partial charge is 0.707 e. The molecule has 3 nitrogen and oxygen atoms in total. The van der Waals surface area contributed by atoms with Crippen LogP contribution in [0.25, 0.3) is 10.8 Å². The zero-order valence-corrected chi connectivity index (χ0v) is 8.48. The van der Waals surface area contributed by atoms with Crippen LogP contribution in [0.2, 0.25) is 5.02 Å². The van der Waals surface area contributed by atoms with Crippen LogP contribution in [0.4, 0.5) is 0 Å². The number of fused-ring (bicyclic) bond motifs is 1. The summed E-state index contributed by atoms with van der Waals surface area (Å²) < 4.78 is 4.73. The van der Waals surface area contributed by atoms with E-state index in [1.165, 1.54) is 0 Å². The van der Waals surface area contributed by atoms with Crippen LogP contribution in [0.1, 0.15) is 0 Å². The van der Waals surface area contributed by atoms with Crippen molar-refractivity contribution in [3.05, 3.63) is 41.4 Å². The van der Waals surface area contributed by atoms with Crippen LogP contribution in [-0.2, 0) is 0 Å². The Hall–Kier alpha value is -1.23. The van der Waals surface area contributed by atoms with E-state index in [0.29, 0.717) is 5.02 Å². The molecule has 0 unspecified atom stereocenters. The van der Waals surface area contributed by atoms with Crippen molar-refractivity contribution in [1.82, 2.24) is 0 Å². The zero-order chi connectivity index (χ0) is 10.8. The lowest BCUT2D eigenvalue weighted by Crippen LogP contribution is -2.20. The number of hydrogen-bond acceptors (Lipinski definition) is 3. The molecule has 0 aliphatic heterocycles. The van der Waals surface area contributed by atoms with Crippen molar-refractivity contribution in [3.8, 4) is 5.75 Å². The summed E-state index contributed by atoms with van der Waals surface area (Å²) in [5.41, 5.74) is 0. The van der Waals surface area contributed by atoms with Crippen molar-refractivity contribution in [2.45, 2.75) is 0 Å². The highest BCUT2D eigenvalue weighted by atomic mass is 35.5. The Labute approximate surface area is 92.0 Å². The van der Waals surface area contributed by atoms with E-state index in [2.05, 4.69) is 0 Å². The van der Waals surface area contributed by atoms with Gasteiger partial charge >= 0.3 is 7.32 Å². The summed E-state index contributed by atoms with van der Waals surface area (Å²) in [6.07, 6.45) is 0. The van der Waals surface area contributed by atoms with Gasteiger partial charge in [-0.05, 0) is 22.9 Å². The van der Waals surface area contributed by atoms with Crippen LogP contribution in [0.5, 0.6) is 5.75 Å². The fourth-order valence-corrected chi connectivity index (χ4v) is 1.61. The first-order valence-electron chi connectivity index (χ1n) is 4.38. The topological polar surface area (TPSA) is 49.7 Å². The van der Waals surface area contributed by atoms with E-state index in [-0.39, 0.29) is 5.75 Å². The summed E-state index contributed by atoms with van der Waals surface area (Å²) in [5.74, 6) is 0.255. The van der Waals surface area contributed by atoms with Gasteiger partial charge in [0.1, 0.15) is 5.75 Å². The first-order chi connectivity index (χ1) is 7.16. The van der Waals surface area contributed by atoms with Crippen molar-refractivity contribution < 1.29 is 14.7 Å². The van der Waals surface area contributed by atoms with Gasteiger partial charge in [0.2, 0.25) is 0 Å². The molecule has 0 aliphatic rings. The van der Waals surface area contributed by atoms with Crippen molar-refractivity contribution in [1.29, 1.82) is 0 Å². The lowest BCUT2D eigenvalue weighted by atomic mass is 10.1. The third-order valence-corrected chi connectivity index (χ3v) is 2.33. The summed E-state index contributed by atoms with van der Waals surface area (Å²) in [6.45, 7) is 0. The second kappa shape index (κ2) is 4.10. The van der Waals surface area contributed by atoms with E-state index in [1.54, 1.807) is 12.1 Å². The van der Waals surface area contributed by atoms with Crippen molar-refractivity contribution in [2.24, 2.45) is 0 Å². The number of hydrogen-bond donors (Lipinski definition) is 2. The second-order valence-electron chi connectivity index (χ2n) is 3.07. The molecule has 0 atom stereocenters. The minimum atomic E-state index is -1.86. The van der Waals surface area contributed by atoms with Gasteiger partial charge in [-0.1, -0.05) is 35.9 Å². The molecule has 0 saturated heterocycles. The molecule has 0 amide bonds. The molecular weight excluding hydrogens is 214 g/mol. The predicted octanol–water partition coefficient (Wildman–Crippen LogP) is 1.84. The average Bonchev–Trinajstić information content (AvgIpc) is 2.18. The molecule has 0 aromatic heterocycles. The Kier molecular flexibility index (Phi) is 2.82. The molecule has 0 bridgehead atoms. The maximum atomic E-state index is 8.68. The quantitative estimate of drug-likeness (QED) is 0.762. The Morgan fingerprint density at radius 3 is 2.27 bits per heavy atom. The Bertz CT molecular complexity index is 487. The third-order valence-electron chi connectivity index (χ3n) is 2.03. The molecule has 0 fully saturated rings. The summed E-state index contributed by atoms with van der Waals surface area (Å²) >= 11 is 5.90. The first kappa shape index (κ1) is 10.3. The summed E-state index contributed by atoms with van der Waals surface area (Å²) in [6, 6.07) is 11.0. The normalized spacial score (nSPS) is 10.3. The lowest BCUT2D eigenvalue weighted by Gasteiger charge is -2.08. The smallest absolute Gasteiger partial charge is 0.511 e. The van der Waals surface area contributed by atoms with Gasteiger partial charge in [0, 0.05) is 0 Å². The molecular formula is C10H8BClO3. The van der Waals surface area contributed by atoms with Crippen molar-refractivity contribution in [3.63, 3.8) is 0 Å². The van der Waals surface area contributed by atoms with E-state index in [1.807, 2.05) is 24.3 Å². The Morgan fingerprint density at radius 1 is 1.07 bits per heavy atom. The first-order valence-corrected chi connectivity index (χ1v) is 4.76. The van der Waals surface area contributed by atoms with Crippen molar-refractivity contribution >= 4 is 29.7 Å². The van der Waals surface area contributed by atoms with Gasteiger partial charge in [-0.15, -0.1) is 0 Å². The average molecular weight is 222 g/mol. The number of benzene rings is 2. The summed E-state index contributed by atoms with van der Waals surface area (Å²) in [4.78, 5) is 0. The molecule has 0 spiro atoms. The Balaban J connectivity index is 2.52.